The molecule has 0 heterocycles. The van der Waals surface area contributed by atoms with Gasteiger partial charge in [-0.05, 0) is 128 Å². The van der Waals surface area contributed by atoms with E-state index >= 15 is 0 Å². The Bertz CT molecular complexity index is 1810. The number of carbonyl (C=O) groups excluding carboxylic acids is 3. The lowest BCUT2D eigenvalue weighted by molar-refractivity contribution is -0.166. The van der Waals surface area contributed by atoms with Crippen molar-refractivity contribution in [1.29, 1.82) is 0 Å². The van der Waals surface area contributed by atoms with Gasteiger partial charge in [-0.2, -0.15) is 0 Å². The molecule has 0 aliphatic rings. The average Bonchev–Trinajstić information content (AvgIpc) is 3.47. The molecule has 0 bridgehead atoms. The maximum absolute atomic E-state index is 12.9. The first-order valence-corrected chi connectivity index (χ1v) is 33.0. The molecule has 456 valence electrons. The summed E-state index contributed by atoms with van der Waals surface area (Å²) >= 11 is 0. The molecule has 0 aliphatic carbocycles. The minimum Gasteiger partial charge on any atom is -0.462 e. The molecule has 0 aromatic carbocycles. The van der Waals surface area contributed by atoms with Crippen molar-refractivity contribution in [1.82, 2.24) is 0 Å². The van der Waals surface area contributed by atoms with Crippen LogP contribution in [0, 0.1) is 0 Å². The molecule has 0 amide bonds. The van der Waals surface area contributed by atoms with E-state index < -0.39 is 12.1 Å². The second kappa shape index (κ2) is 67.5. The first-order chi connectivity index (χ1) is 40.0. The van der Waals surface area contributed by atoms with Crippen LogP contribution in [0.4, 0.5) is 0 Å². The zero-order valence-corrected chi connectivity index (χ0v) is 52.2. The van der Waals surface area contributed by atoms with Gasteiger partial charge in [0.05, 0.1) is 6.42 Å². The third-order valence-corrected chi connectivity index (χ3v) is 13.5. The molecule has 81 heavy (non-hydrogen) atoms. The van der Waals surface area contributed by atoms with Gasteiger partial charge < -0.3 is 14.2 Å². The molecule has 0 saturated carbocycles. The van der Waals surface area contributed by atoms with Crippen LogP contribution in [0.2, 0.25) is 0 Å². The molecular formula is C75H120O6. The van der Waals surface area contributed by atoms with E-state index in [9.17, 15) is 14.4 Å². The summed E-state index contributed by atoms with van der Waals surface area (Å²) in [4.78, 5) is 38.3. The van der Waals surface area contributed by atoms with Crippen LogP contribution in [-0.4, -0.2) is 37.2 Å². The van der Waals surface area contributed by atoms with Gasteiger partial charge in [-0.1, -0.05) is 288 Å². The van der Waals surface area contributed by atoms with Crippen molar-refractivity contribution in [3.05, 3.63) is 158 Å². The zero-order chi connectivity index (χ0) is 58.5. The van der Waals surface area contributed by atoms with Crippen LogP contribution in [0.25, 0.3) is 0 Å². The summed E-state index contributed by atoms with van der Waals surface area (Å²) in [6.07, 6.45) is 98.5. The van der Waals surface area contributed by atoms with Crippen molar-refractivity contribution in [3.8, 4) is 0 Å². The molecule has 1 unspecified atom stereocenters. The van der Waals surface area contributed by atoms with Crippen molar-refractivity contribution >= 4 is 17.9 Å². The predicted octanol–water partition coefficient (Wildman–Crippen LogP) is 22.9. The summed E-state index contributed by atoms with van der Waals surface area (Å²) in [6, 6.07) is 0. The molecule has 6 nitrogen and oxygen atoms in total. The van der Waals surface area contributed by atoms with E-state index in [1.807, 2.05) is 6.08 Å². The summed E-state index contributed by atoms with van der Waals surface area (Å²) in [7, 11) is 0. The molecule has 0 aromatic heterocycles. The van der Waals surface area contributed by atoms with Crippen molar-refractivity contribution < 1.29 is 28.6 Å². The van der Waals surface area contributed by atoms with Gasteiger partial charge in [0.25, 0.3) is 0 Å². The molecule has 0 N–H and O–H groups in total. The summed E-state index contributed by atoms with van der Waals surface area (Å²) in [5, 5.41) is 0. The number of hydrogen-bond acceptors (Lipinski definition) is 6. The van der Waals surface area contributed by atoms with E-state index in [0.717, 1.165) is 135 Å². The summed E-state index contributed by atoms with van der Waals surface area (Å²) in [6.45, 7) is 6.31. The summed E-state index contributed by atoms with van der Waals surface area (Å²) in [5.74, 6) is -1.08. The fraction of sp³-hybridized carbons (Fsp3) is 0.613. The van der Waals surface area contributed by atoms with E-state index in [4.69, 9.17) is 14.2 Å². The second-order valence-electron chi connectivity index (χ2n) is 21.3. The zero-order valence-electron chi connectivity index (χ0n) is 52.2. The molecule has 0 aromatic rings. The Hall–Kier alpha value is -4.97. The quantitative estimate of drug-likeness (QED) is 0.0261. The smallest absolute Gasteiger partial charge is 0.309 e. The minimum absolute atomic E-state index is 0.116. The van der Waals surface area contributed by atoms with Crippen LogP contribution in [0.1, 0.15) is 278 Å². The second-order valence-corrected chi connectivity index (χ2v) is 21.3. The molecule has 0 rings (SSSR count). The molecule has 0 fully saturated rings. The van der Waals surface area contributed by atoms with Crippen molar-refractivity contribution in [2.24, 2.45) is 0 Å². The van der Waals surface area contributed by atoms with E-state index in [1.54, 1.807) is 6.08 Å². The number of ether oxygens (including phenoxy) is 3. The maximum atomic E-state index is 12.9. The standard InChI is InChI=1S/C75H120O6/c1-4-7-10-13-16-19-22-25-28-30-32-34-35-36-37-38-39-41-42-44-47-50-53-56-59-62-65-68-74(77)80-71-72(70-79-73(76)67-64-61-58-55-52-49-46-27-24-21-18-15-12-9-6-3)81-75(78)69-66-63-60-57-54-51-48-45-43-40-33-31-29-26-23-20-17-14-11-8-5-2/h7,9-10,12,16,18-19,21,25,27-28,31-34,36-37,39,41,44,46-47,52,55,61,64,72H,4-6,8,11,13-15,17,20,22-24,26,29-30,35,38,40,42-43,45,48-51,53-54,56-60,62-63,65-71H2,1-3H3/b10-7-,12-9-,19-16-,21-18-,28-25-,33-31-,34-32-,37-36-,41-39-,46-27-,47-44-,55-52-,64-61-. The van der Waals surface area contributed by atoms with E-state index in [0.29, 0.717) is 12.8 Å². The molecule has 0 saturated heterocycles. The monoisotopic (exact) mass is 1120 g/mol. The van der Waals surface area contributed by atoms with E-state index in [2.05, 4.69) is 167 Å². The lowest BCUT2D eigenvalue weighted by Gasteiger charge is -2.18. The Balaban J connectivity index is 4.49. The van der Waals surface area contributed by atoms with Gasteiger partial charge in [0.1, 0.15) is 13.2 Å². The number of carbonyl (C=O) groups is 3. The summed E-state index contributed by atoms with van der Waals surface area (Å²) < 4.78 is 16.8. The van der Waals surface area contributed by atoms with Gasteiger partial charge >= 0.3 is 17.9 Å². The highest BCUT2D eigenvalue weighted by atomic mass is 16.6. The van der Waals surface area contributed by atoms with Gasteiger partial charge in [-0.25, -0.2) is 0 Å². The van der Waals surface area contributed by atoms with Crippen molar-refractivity contribution in [3.63, 3.8) is 0 Å². The Morgan fingerprint density at radius 3 is 0.877 bits per heavy atom. The van der Waals surface area contributed by atoms with Gasteiger partial charge in [-0.3, -0.25) is 14.4 Å². The maximum Gasteiger partial charge on any atom is 0.309 e. The first kappa shape index (κ1) is 76.0. The van der Waals surface area contributed by atoms with Gasteiger partial charge in [0, 0.05) is 12.8 Å². The SMILES string of the molecule is CC/C=C\C/C=C\C/C=C\C/C=C\C/C=C\C/C=C\C/C=C\CCCCCCCC(=O)OCC(COC(=O)C/C=C\C/C=C\C/C=C\C/C=C\C/C=C\CC)OC(=O)CCCCCCCCCCC/C=C\CCCCCCCCCC. The Morgan fingerprint density at radius 2 is 0.531 bits per heavy atom. The molecular weight excluding hydrogens is 997 g/mol. The third kappa shape index (κ3) is 65.7. The number of unbranched alkanes of at least 4 members (excludes halogenated alkanes) is 22. The average molecular weight is 1120 g/mol. The van der Waals surface area contributed by atoms with Crippen molar-refractivity contribution in [2.45, 2.75) is 284 Å². The van der Waals surface area contributed by atoms with E-state index in [1.165, 1.54) is 103 Å². The number of rotatable bonds is 58. The van der Waals surface area contributed by atoms with Gasteiger partial charge in [0.2, 0.25) is 0 Å². The number of allylic oxidation sites excluding steroid dienone is 25. The Morgan fingerprint density at radius 1 is 0.272 bits per heavy atom. The normalized spacial score (nSPS) is 13.2. The highest BCUT2D eigenvalue weighted by Crippen LogP contribution is 2.15. The third-order valence-electron chi connectivity index (χ3n) is 13.5. The highest BCUT2D eigenvalue weighted by Gasteiger charge is 2.19. The molecule has 1 atom stereocenters. The van der Waals surface area contributed by atoms with Gasteiger partial charge in [-0.15, -0.1) is 0 Å². The number of hydrogen-bond donors (Lipinski definition) is 0. The Kier molecular flexibility index (Phi) is 63.4. The lowest BCUT2D eigenvalue weighted by Crippen LogP contribution is -2.30. The van der Waals surface area contributed by atoms with Crippen LogP contribution >= 0.6 is 0 Å². The van der Waals surface area contributed by atoms with Crippen LogP contribution in [-0.2, 0) is 28.6 Å². The van der Waals surface area contributed by atoms with Crippen LogP contribution in [0.3, 0.4) is 0 Å². The van der Waals surface area contributed by atoms with Gasteiger partial charge in [0.15, 0.2) is 6.10 Å². The van der Waals surface area contributed by atoms with Crippen LogP contribution < -0.4 is 0 Å². The predicted molar refractivity (Wildman–Crippen MR) is 352 cm³/mol. The van der Waals surface area contributed by atoms with Crippen LogP contribution in [0.5, 0.6) is 0 Å². The highest BCUT2D eigenvalue weighted by molar-refractivity contribution is 5.72. The van der Waals surface area contributed by atoms with Crippen molar-refractivity contribution in [2.75, 3.05) is 13.2 Å². The molecule has 0 radical (unpaired) electrons. The molecule has 0 spiro atoms. The molecule has 6 heteroatoms. The molecule has 0 aliphatic heterocycles. The first-order valence-electron chi connectivity index (χ1n) is 33.0. The lowest BCUT2D eigenvalue weighted by atomic mass is 10.1. The fourth-order valence-electron chi connectivity index (χ4n) is 8.67. The largest absolute Gasteiger partial charge is 0.462 e. The number of esters is 3. The van der Waals surface area contributed by atoms with Crippen LogP contribution in [0.15, 0.2) is 158 Å². The fourth-order valence-corrected chi connectivity index (χ4v) is 8.67. The Labute approximate surface area is 499 Å². The minimum atomic E-state index is -0.836. The van der Waals surface area contributed by atoms with E-state index in [-0.39, 0.29) is 31.6 Å². The topological polar surface area (TPSA) is 78.9 Å². The summed E-state index contributed by atoms with van der Waals surface area (Å²) in [5.41, 5.74) is 0.